The van der Waals surface area contributed by atoms with E-state index in [1.807, 2.05) is 6.92 Å². The van der Waals surface area contributed by atoms with E-state index in [9.17, 15) is 4.39 Å². The van der Waals surface area contributed by atoms with E-state index in [-0.39, 0.29) is 11.9 Å². The second-order valence-corrected chi connectivity index (χ2v) is 4.50. The van der Waals surface area contributed by atoms with Gasteiger partial charge in [0.25, 0.3) is 0 Å². The Labute approximate surface area is 96.6 Å². The van der Waals surface area contributed by atoms with Gasteiger partial charge in [0.05, 0.1) is 6.61 Å². The van der Waals surface area contributed by atoms with Gasteiger partial charge in [0.2, 0.25) is 0 Å². The Kier molecular flexibility index (Phi) is 4.74. The molecule has 0 aromatic heterocycles. The second-order valence-electron chi connectivity index (χ2n) is 4.50. The third kappa shape index (κ3) is 3.81. The number of rotatable bonds is 5. The molecule has 3 heteroatoms. The molecule has 2 N–H and O–H groups in total. The number of benzene rings is 1. The average Bonchev–Trinajstić information content (AvgIpc) is 2.16. The molecule has 0 aliphatic carbocycles. The average molecular weight is 225 g/mol. The molecule has 1 atom stereocenters. The van der Waals surface area contributed by atoms with E-state index in [4.69, 9.17) is 10.5 Å². The van der Waals surface area contributed by atoms with Crippen molar-refractivity contribution in [2.24, 2.45) is 11.7 Å². The van der Waals surface area contributed by atoms with Gasteiger partial charge >= 0.3 is 0 Å². The van der Waals surface area contributed by atoms with Crippen LogP contribution >= 0.6 is 0 Å². The fourth-order valence-corrected chi connectivity index (χ4v) is 1.41. The smallest absolute Gasteiger partial charge is 0.126 e. The first-order valence-electron chi connectivity index (χ1n) is 5.68. The van der Waals surface area contributed by atoms with Crippen LogP contribution in [0.3, 0.4) is 0 Å². The second kappa shape index (κ2) is 5.85. The van der Waals surface area contributed by atoms with Crippen molar-refractivity contribution in [1.82, 2.24) is 0 Å². The Morgan fingerprint density at radius 1 is 1.31 bits per heavy atom. The zero-order valence-corrected chi connectivity index (χ0v) is 10.2. The van der Waals surface area contributed by atoms with E-state index in [0.717, 1.165) is 12.0 Å². The van der Waals surface area contributed by atoms with Crippen molar-refractivity contribution >= 4 is 0 Å². The minimum atomic E-state index is -0.288. The Hall–Kier alpha value is -1.09. The van der Waals surface area contributed by atoms with E-state index in [0.29, 0.717) is 18.3 Å². The van der Waals surface area contributed by atoms with Gasteiger partial charge in [0, 0.05) is 17.7 Å². The van der Waals surface area contributed by atoms with Crippen LogP contribution in [0.5, 0.6) is 5.75 Å². The van der Waals surface area contributed by atoms with Crippen molar-refractivity contribution in [3.8, 4) is 5.75 Å². The summed E-state index contributed by atoms with van der Waals surface area (Å²) in [4.78, 5) is 0. The Morgan fingerprint density at radius 3 is 2.56 bits per heavy atom. The largest absolute Gasteiger partial charge is 0.493 e. The summed E-state index contributed by atoms with van der Waals surface area (Å²) in [7, 11) is 0. The van der Waals surface area contributed by atoms with Crippen molar-refractivity contribution in [3.63, 3.8) is 0 Å². The van der Waals surface area contributed by atoms with E-state index in [1.165, 1.54) is 12.1 Å². The highest BCUT2D eigenvalue weighted by Crippen LogP contribution is 2.25. The lowest BCUT2D eigenvalue weighted by atomic mass is 10.1. The molecular formula is C13H20FNO. The third-order valence-corrected chi connectivity index (χ3v) is 2.42. The Morgan fingerprint density at radius 2 is 2.00 bits per heavy atom. The lowest BCUT2D eigenvalue weighted by molar-refractivity contribution is 0.284. The number of hydrogen-bond acceptors (Lipinski definition) is 2. The molecular weight excluding hydrogens is 205 g/mol. The minimum Gasteiger partial charge on any atom is -0.493 e. The highest BCUT2D eigenvalue weighted by atomic mass is 19.1. The molecule has 1 aromatic rings. The van der Waals surface area contributed by atoms with Gasteiger partial charge in [-0.25, -0.2) is 4.39 Å². The number of halogens is 1. The minimum absolute atomic E-state index is 0.144. The van der Waals surface area contributed by atoms with Gasteiger partial charge in [0.15, 0.2) is 0 Å². The van der Waals surface area contributed by atoms with Gasteiger partial charge in [-0.05, 0) is 25.3 Å². The standard InChI is InChI=1S/C13H20FNO/c1-9(2)6-7-16-13-8-11(14)4-5-12(13)10(3)15/h4-5,8-10H,6-7,15H2,1-3H3/t10-/m0/s1. The molecule has 0 saturated heterocycles. The lowest BCUT2D eigenvalue weighted by Gasteiger charge is -2.14. The molecule has 2 nitrogen and oxygen atoms in total. The number of ether oxygens (including phenoxy) is 1. The van der Waals surface area contributed by atoms with Crippen LogP contribution in [0.2, 0.25) is 0 Å². The van der Waals surface area contributed by atoms with Crippen LogP contribution in [0.1, 0.15) is 38.8 Å². The molecule has 0 radical (unpaired) electrons. The Bertz CT molecular complexity index is 337. The molecule has 0 unspecified atom stereocenters. The maximum absolute atomic E-state index is 13.1. The molecule has 0 fully saturated rings. The van der Waals surface area contributed by atoms with Crippen LogP contribution < -0.4 is 10.5 Å². The van der Waals surface area contributed by atoms with Gasteiger partial charge < -0.3 is 10.5 Å². The fourth-order valence-electron chi connectivity index (χ4n) is 1.41. The van der Waals surface area contributed by atoms with Crippen LogP contribution in [0.4, 0.5) is 4.39 Å². The van der Waals surface area contributed by atoms with Gasteiger partial charge in [-0.2, -0.15) is 0 Å². The van der Waals surface area contributed by atoms with Crippen LogP contribution in [0.25, 0.3) is 0 Å². The van der Waals surface area contributed by atoms with E-state index in [1.54, 1.807) is 6.07 Å². The van der Waals surface area contributed by atoms with E-state index < -0.39 is 0 Å². The monoisotopic (exact) mass is 225 g/mol. The Balaban J connectivity index is 2.72. The molecule has 90 valence electrons. The van der Waals surface area contributed by atoms with Crippen molar-refractivity contribution in [3.05, 3.63) is 29.6 Å². The van der Waals surface area contributed by atoms with Crippen molar-refractivity contribution in [1.29, 1.82) is 0 Å². The predicted molar refractivity (Wildman–Crippen MR) is 64.0 cm³/mol. The molecule has 1 aromatic carbocycles. The van der Waals surface area contributed by atoms with Crippen LogP contribution in [0.15, 0.2) is 18.2 Å². The van der Waals surface area contributed by atoms with Gasteiger partial charge in [0.1, 0.15) is 11.6 Å². The molecule has 1 rings (SSSR count). The molecule has 0 spiro atoms. The van der Waals surface area contributed by atoms with Crippen molar-refractivity contribution in [2.75, 3.05) is 6.61 Å². The van der Waals surface area contributed by atoms with Crippen molar-refractivity contribution < 1.29 is 9.13 Å². The SMILES string of the molecule is CC(C)CCOc1cc(F)ccc1[C@H](C)N. The van der Waals surface area contributed by atoms with Gasteiger partial charge in [-0.15, -0.1) is 0 Å². The summed E-state index contributed by atoms with van der Waals surface area (Å²) in [5.74, 6) is 0.854. The maximum Gasteiger partial charge on any atom is 0.126 e. The number of nitrogens with two attached hydrogens (primary N) is 1. The molecule has 0 saturated carbocycles. The van der Waals surface area contributed by atoms with Crippen LogP contribution in [-0.4, -0.2) is 6.61 Å². The zero-order valence-electron chi connectivity index (χ0n) is 10.2. The first kappa shape index (κ1) is 13.0. The summed E-state index contributed by atoms with van der Waals surface area (Å²) >= 11 is 0. The third-order valence-electron chi connectivity index (χ3n) is 2.42. The first-order chi connectivity index (χ1) is 7.50. The summed E-state index contributed by atoms with van der Waals surface area (Å²) in [6.07, 6.45) is 0.953. The van der Waals surface area contributed by atoms with E-state index in [2.05, 4.69) is 13.8 Å². The summed E-state index contributed by atoms with van der Waals surface area (Å²) in [5.41, 5.74) is 6.65. The predicted octanol–water partition coefficient (Wildman–Crippen LogP) is 3.27. The summed E-state index contributed by atoms with van der Waals surface area (Å²) in [6.45, 7) is 6.71. The highest BCUT2D eigenvalue weighted by molar-refractivity contribution is 5.36. The zero-order chi connectivity index (χ0) is 12.1. The molecule has 0 aliphatic rings. The topological polar surface area (TPSA) is 35.2 Å². The first-order valence-corrected chi connectivity index (χ1v) is 5.68. The quantitative estimate of drug-likeness (QED) is 0.834. The maximum atomic E-state index is 13.1. The van der Waals surface area contributed by atoms with E-state index >= 15 is 0 Å². The van der Waals surface area contributed by atoms with Crippen LogP contribution in [0, 0.1) is 11.7 Å². The normalized spacial score (nSPS) is 12.9. The summed E-state index contributed by atoms with van der Waals surface area (Å²) in [5, 5.41) is 0. The van der Waals surface area contributed by atoms with Crippen molar-refractivity contribution in [2.45, 2.75) is 33.2 Å². The van der Waals surface area contributed by atoms with Gasteiger partial charge in [-0.3, -0.25) is 0 Å². The molecule has 0 amide bonds. The molecule has 0 heterocycles. The number of hydrogen-bond donors (Lipinski definition) is 1. The molecule has 0 bridgehead atoms. The molecule has 0 aliphatic heterocycles. The molecule has 16 heavy (non-hydrogen) atoms. The lowest BCUT2D eigenvalue weighted by Crippen LogP contribution is -2.09. The van der Waals surface area contributed by atoms with Crippen LogP contribution in [-0.2, 0) is 0 Å². The summed E-state index contributed by atoms with van der Waals surface area (Å²) < 4.78 is 18.6. The fraction of sp³-hybridized carbons (Fsp3) is 0.538. The summed E-state index contributed by atoms with van der Waals surface area (Å²) in [6, 6.07) is 4.35. The highest BCUT2D eigenvalue weighted by Gasteiger charge is 2.09. The van der Waals surface area contributed by atoms with Gasteiger partial charge in [-0.1, -0.05) is 19.9 Å².